The Labute approximate surface area is 118 Å². The summed E-state index contributed by atoms with van der Waals surface area (Å²) < 4.78 is 24.9. The van der Waals surface area contributed by atoms with Gasteiger partial charge in [-0.05, 0) is 18.2 Å². The topological polar surface area (TPSA) is 81.2 Å². The number of sulfone groups is 1. The third kappa shape index (κ3) is 2.93. The lowest BCUT2D eigenvalue weighted by Crippen LogP contribution is -2.20. The van der Waals surface area contributed by atoms with Gasteiger partial charge in [-0.2, -0.15) is 0 Å². The molecule has 0 saturated heterocycles. The van der Waals surface area contributed by atoms with Gasteiger partial charge in [0.15, 0.2) is 9.84 Å². The number of imidazole rings is 1. The number of aromatic nitrogens is 2. The summed E-state index contributed by atoms with van der Waals surface area (Å²) in [4.78, 5) is 6.41. The summed E-state index contributed by atoms with van der Waals surface area (Å²) in [5.41, 5.74) is 7.17. The summed E-state index contributed by atoms with van der Waals surface area (Å²) in [5, 5.41) is 0. The largest absolute Gasteiger partial charge is 0.397 e. The second-order valence-electron chi connectivity index (χ2n) is 4.80. The molecule has 0 aliphatic carbocycles. The van der Waals surface area contributed by atoms with Crippen molar-refractivity contribution in [2.75, 3.05) is 23.9 Å². The van der Waals surface area contributed by atoms with E-state index >= 15 is 0 Å². The fourth-order valence-corrected chi connectivity index (χ4v) is 2.61. The number of benzene rings is 1. The van der Waals surface area contributed by atoms with Crippen LogP contribution in [0.1, 0.15) is 5.82 Å². The third-order valence-corrected chi connectivity index (χ3v) is 4.25. The number of anilines is 2. The molecule has 7 heteroatoms. The highest BCUT2D eigenvalue weighted by molar-refractivity contribution is 7.90. The van der Waals surface area contributed by atoms with Crippen molar-refractivity contribution >= 4 is 21.2 Å². The van der Waals surface area contributed by atoms with Crippen molar-refractivity contribution in [1.29, 1.82) is 0 Å². The van der Waals surface area contributed by atoms with Crippen LogP contribution in [0.15, 0.2) is 35.5 Å². The third-order valence-electron chi connectivity index (χ3n) is 3.14. The first kappa shape index (κ1) is 14.4. The molecular formula is C13H18N4O2S. The zero-order valence-electron chi connectivity index (χ0n) is 11.7. The molecule has 0 bridgehead atoms. The summed E-state index contributed by atoms with van der Waals surface area (Å²) in [6.45, 7) is 0.589. The fourth-order valence-electron chi connectivity index (χ4n) is 1.96. The van der Waals surface area contributed by atoms with Gasteiger partial charge in [0.25, 0.3) is 0 Å². The minimum absolute atomic E-state index is 0.226. The van der Waals surface area contributed by atoms with Gasteiger partial charge in [-0.3, -0.25) is 0 Å². The maximum absolute atomic E-state index is 11.5. The van der Waals surface area contributed by atoms with Gasteiger partial charge in [0.2, 0.25) is 0 Å². The molecule has 2 N–H and O–H groups in total. The number of nitrogen functional groups attached to an aromatic ring is 1. The summed E-state index contributed by atoms with van der Waals surface area (Å²) in [7, 11) is 0.573. The van der Waals surface area contributed by atoms with Gasteiger partial charge in [0.1, 0.15) is 5.82 Å². The van der Waals surface area contributed by atoms with Crippen LogP contribution in [0.25, 0.3) is 0 Å². The zero-order chi connectivity index (χ0) is 14.9. The first-order valence-corrected chi connectivity index (χ1v) is 7.95. The molecule has 6 nitrogen and oxygen atoms in total. The van der Waals surface area contributed by atoms with E-state index in [1.807, 2.05) is 29.8 Å². The Morgan fingerprint density at radius 2 is 2.10 bits per heavy atom. The summed E-state index contributed by atoms with van der Waals surface area (Å²) in [6.07, 6.45) is 4.78. The minimum atomic E-state index is -3.24. The molecule has 0 saturated carbocycles. The van der Waals surface area contributed by atoms with Crippen LogP contribution in [0.2, 0.25) is 0 Å². The maximum atomic E-state index is 11.5. The van der Waals surface area contributed by atoms with E-state index in [0.29, 0.717) is 12.2 Å². The van der Waals surface area contributed by atoms with E-state index < -0.39 is 9.84 Å². The first-order chi connectivity index (χ1) is 9.29. The highest BCUT2D eigenvalue weighted by Crippen LogP contribution is 2.26. The Kier molecular flexibility index (Phi) is 3.71. The van der Waals surface area contributed by atoms with E-state index in [1.165, 1.54) is 12.3 Å². The molecule has 0 aliphatic rings. The van der Waals surface area contributed by atoms with E-state index in [2.05, 4.69) is 4.98 Å². The molecule has 0 unspecified atom stereocenters. The second kappa shape index (κ2) is 5.16. The van der Waals surface area contributed by atoms with Gasteiger partial charge >= 0.3 is 0 Å². The van der Waals surface area contributed by atoms with Crippen LogP contribution < -0.4 is 10.6 Å². The lowest BCUT2D eigenvalue weighted by atomic mass is 10.2. The Hall–Kier alpha value is -2.02. The van der Waals surface area contributed by atoms with Crippen LogP contribution in [0.4, 0.5) is 11.4 Å². The maximum Gasteiger partial charge on any atom is 0.175 e. The molecule has 0 atom stereocenters. The van der Waals surface area contributed by atoms with Gasteiger partial charge in [0.05, 0.1) is 22.8 Å². The highest BCUT2D eigenvalue weighted by atomic mass is 32.2. The van der Waals surface area contributed by atoms with E-state index in [9.17, 15) is 8.42 Å². The SMILES string of the molecule is CN(Cc1nccn1C)c1ccc(S(C)(=O)=O)cc1N. The number of aryl methyl sites for hydroxylation is 1. The average molecular weight is 294 g/mol. The smallest absolute Gasteiger partial charge is 0.175 e. The van der Waals surface area contributed by atoms with E-state index in [-0.39, 0.29) is 4.90 Å². The minimum Gasteiger partial charge on any atom is -0.397 e. The highest BCUT2D eigenvalue weighted by Gasteiger charge is 2.13. The zero-order valence-corrected chi connectivity index (χ0v) is 12.6. The number of nitrogens with two attached hydrogens (primary N) is 1. The van der Waals surface area contributed by atoms with Gasteiger partial charge in [-0.1, -0.05) is 0 Å². The quantitative estimate of drug-likeness (QED) is 0.852. The molecule has 1 heterocycles. The molecule has 2 rings (SSSR count). The monoisotopic (exact) mass is 294 g/mol. The predicted molar refractivity (Wildman–Crippen MR) is 79.3 cm³/mol. The molecule has 0 fully saturated rings. The van der Waals surface area contributed by atoms with Gasteiger partial charge in [-0.25, -0.2) is 13.4 Å². The van der Waals surface area contributed by atoms with Crippen LogP contribution in [0.5, 0.6) is 0 Å². The Morgan fingerprint density at radius 3 is 2.60 bits per heavy atom. The Morgan fingerprint density at radius 1 is 1.40 bits per heavy atom. The van der Waals surface area contributed by atoms with Crippen molar-refractivity contribution < 1.29 is 8.42 Å². The molecule has 2 aromatic rings. The normalized spacial score (nSPS) is 11.6. The fraction of sp³-hybridized carbons (Fsp3) is 0.308. The van der Waals surface area contributed by atoms with Crippen LogP contribution >= 0.6 is 0 Å². The molecule has 0 radical (unpaired) electrons. The molecular weight excluding hydrogens is 276 g/mol. The van der Waals surface area contributed by atoms with Crippen LogP contribution in [0, 0.1) is 0 Å². The molecule has 20 heavy (non-hydrogen) atoms. The molecule has 1 aromatic heterocycles. The van der Waals surface area contributed by atoms with Crippen molar-refractivity contribution in [3.05, 3.63) is 36.4 Å². The molecule has 0 aliphatic heterocycles. The number of hydrogen-bond acceptors (Lipinski definition) is 5. The Bertz CT molecular complexity index is 722. The first-order valence-electron chi connectivity index (χ1n) is 6.06. The summed E-state index contributed by atoms with van der Waals surface area (Å²) in [5.74, 6) is 0.902. The molecule has 1 aromatic carbocycles. The van der Waals surface area contributed by atoms with Crippen LogP contribution in [-0.4, -0.2) is 31.3 Å². The van der Waals surface area contributed by atoms with Gasteiger partial charge < -0.3 is 15.2 Å². The van der Waals surface area contributed by atoms with E-state index in [0.717, 1.165) is 11.5 Å². The summed E-state index contributed by atoms with van der Waals surface area (Å²) >= 11 is 0. The molecule has 0 spiro atoms. The van der Waals surface area contributed by atoms with Crippen molar-refractivity contribution in [1.82, 2.24) is 9.55 Å². The predicted octanol–water partition coefficient (Wildman–Crippen LogP) is 1.04. The standard InChI is InChI=1S/C13H18N4O2S/c1-16-7-6-15-13(16)9-17(2)12-5-4-10(8-11(12)14)20(3,18)19/h4-8H,9,14H2,1-3H3. The molecule has 108 valence electrons. The van der Waals surface area contributed by atoms with Crippen LogP contribution in [-0.2, 0) is 23.4 Å². The van der Waals surface area contributed by atoms with Crippen molar-refractivity contribution in [2.24, 2.45) is 7.05 Å². The van der Waals surface area contributed by atoms with Crippen molar-refractivity contribution in [3.8, 4) is 0 Å². The lowest BCUT2D eigenvalue weighted by Gasteiger charge is -2.21. The number of nitrogens with zero attached hydrogens (tertiary/aromatic N) is 3. The lowest BCUT2D eigenvalue weighted by molar-refractivity contribution is 0.602. The van der Waals surface area contributed by atoms with E-state index in [1.54, 1.807) is 18.3 Å². The van der Waals surface area contributed by atoms with Crippen molar-refractivity contribution in [2.45, 2.75) is 11.4 Å². The summed E-state index contributed by atoms with van der Waals surface area (Å²) in [6, 6.07) is 4.77. The Balaban J connectivity index is 2.27. The van der Waals surface area contributed by atoms with Gasteiger partial charge in [0, 0.05) is 32.7 Å². The second-order valence-corrected chi connectivity index (χ2v) is 6.82. The molecule has 0 amide bonds. The number of rotatable bonds is 4. The van der Waals surface area contributed by atoms with E-state index in [4.69, 9.17) is 5.73 Å². The number of hydrogen-bond donors (Lipinski definition) is 1. The average Bonchev–Trinajstić information content (AvgIpc) is 2.73. The van der Waals surface area contributed by atoms with Gasteiger partial charge in [-0.15, -0.1) is 0 Å². The van der Waals surface area contributed by atoms with Crippen LogP contribution in [0.3, 0.4) is 0 Å². The van der Waals surface area contributed by atoms with Crippen molar-refractivity contribution in [3.63, 3.8) is 0 Å².